The molecule has 0 radical (unpaired) electrons. The average molecular weight is 227 g/mol. The number of thiol groups is 1. The fourth-order valence-electron chi connectivity index (χ4n) is 1.05. The number of anilines is 1. The highest BCUT2D eigenvalue weighted by molar-refractivity contribution is 7.81. The zero-order valence-corrected chi connectivity index (χ0v) is 9.59. The first-order valence-electron chi connectivity index (χ1n) is 4.75. The number of hydrogen-bond donors (Lipinski definition) is 2. The summed E-state index contributed by atoms with van der Waals surface area (Å²) >= 11 is 4.18. The number of halogens is 1. The van der Waals surface area contributed by atoms with E-state index in [-0.39, 0.29) is 22.9 Å². The molecular formula is C11H14FNOS. The standard InChI is InChI=1S/C11H14FNOS/c1-7(2)10(15)11(14)13-9-5-3-8(12)4-6-9/h3-7,10,15H,1-2H3,(H,13,14). The van der Waals surface area contributed by atoms with Crippen LogP contribution in [0.4, 0.5) is 10.1 Å². The molecule has 15 heavy (non-hydrogen) atoms. The van der Waals surface area contributed by atoms with Crippen LogP contribution in [0.1, 0.15) is 13.8 Å². The number of carbonyl (C=O) groups is 1. The maximum absolute atomic E-state index is 12.6. The number of amides is 1. The highest BCUT2D eigenvalue weighted by Gasteiger charge is 2.17. The summed E-state index contributed by atoms with van der Waals surface area (Å²) in [5.74, 6) is -0.326. The molecule has 0 saturated carbocycles. The van der Waals surface area contributed by atoms with Gasteiger partial charge in [-0.15, -0.1) is 0 Å². The number of carbonyl (C=O) groups excluding carboxylic acids is 1. The van der Waals surface area contributed by atoms with Gasteiger partial charge in [0.05, 0.1) is 5.25 Å². The van der Waals surface area contributed by atoms with Crippen LogP contribution in [0.5, 0.6) is 0 Å². The van der Waals surface area contributed by atoms with E-state index in [4.69, 9.17) is 0 Å². The Labute approximate surface area is 94.3 Å². The van der Waals surface area contributed by atoms with Gasteiger partial charge in [0.2, 0.25) is 5.91 Å². The molecule has 4 heteroatoms. The second kappa shape index (κ2) is 5.16. The van der Waals surface area contributed by atoms with E-state index in [2.05, 4.69) is 17.9 Å². The summed E-state index contributed by atoms with van der Waals surface area (Å²) in [5, 5.41) is 2.32. The van der Waals surface area contributed by atoms with Crippen LogP contribution in [0.15, 0.2) is 24.3 Å². The minimum atomic E-state index is -0.352. The minimum Gasteiger partial charge on any atom is -0.325 e. The van der Waals surface area contributed by atoms with Gasteiger partial charge in [0.1, 0.15) is 5.82 Å². The summed E-state index contributed by atoms with van der Waals surface area (Å²) < 4.78 is 12.6. The van der Waals surface area contributed by atoms with E-state index in [0.29, 0.717) is 5.69 Å². The molecule has 0 aliphatic rings. The molecule has 0 fully saturated rings. The van der Waals surface area contributed by atoms with E-state index in [1.165, 1.54) is 24.3 Å². The van der Waals surface area contributed by atoms with Gasteiger partial charge in [-0.1, -0.05) is 13.8 Å². The van der Waals surface area contributed by atoms with Gasteiger partial charge in [-0.25, -0.2) is 4.39 Å². The zero-order chi connectivity index (χ0) is 11.4. The lowest BCUT2D eigenvalue weighted by molar-refractivity contribution is -0.116. The van der Waals surface area contributed by atoms with Crippen molar-refractivity contribution >= 4 is 24.2 Å². The fourth-order valence-corrected chi connectivity index (χ4v) is 1.12. The van der Waals surface area contributed by atoms with Crippen molar-refractivity contribution in [3.8, 4) is 0 Å². The van der Waals surface area contributed by atoms with Crippen molar-refractivity contribution in [2.45, 2.75) is 19.1 Å². The Balaban J connectivity index is 2.62. The first kappa shape index (κ1) is 12.0. The molecule has 1 rings (SSSR count). The Kier molecular flexibility index (Phi) is 4.15. The summed E-state index contributed by atoms with van der Waals surface area (Å²) in [5.41, 5.74) is 0.584. The van der Waals surface area contributed by atoms with Gasteiger partial charge in [-0.05, 0) is 30.2 Å². The Morgan fingerprint density at radius 2 is 1.87 bits per heavy atom. The van der Waals surface area contributed by atoms with Crippen LogP contribution in [0, 0.1) is 11.7 Å². The van der Waals surface area contributed by atoms with E-state index in [9.17, 15) is 9.18 Å². The van der Waals surface area contributed by atoms with Crippen molar-refractivity contribution in [3.63, 3.8) is 0 Å². The summed E-state index contributed by atoms with van der Waals surface area (Å²) in [4.78, 5) is 11.6. The number of benzene rings is 1. The van der Waals surface area contributed by atoms with Crippen LogP contribution in [0.25, 0.3) is 0 Å². The van der Waals surface area contributed by atoms with E-state index >= 15 is 0 Å². The SMILES string of the molecule is CC(C)C(S)C(=O)Nc1ccc(F)cc1. The smallest absolute Gasteiger partial charge is 0.237 e. The van der Waals surface area contributed by atoms with Gasteiger partial charge >= 0.3 is 0 Å². The van der Waals surface area contributed by atoms with Crippen molar-refractivity contribution in [3.05, 3.63) is 30.1 Å². The van der Waals surface area contributed by atoms with Gasteiger partial charge in [-0.3, -0.25) is 4.79 Å². The Morgan fingerprint density at radius 1 is 1.33 bits per heavy atom. The Morgan fingerprint density at radius 3 is 2.33 bits per heavy atom. The molecule has 1 N–H and O–H groups in total. The Hall–Kier alpha value is -1.03. The third kappa shape index (κ3) is 3.55. The van der Waals surface area contributed by atoms with Crippen molar-refractivity contribution < 1.29 is 9.18 Å². The van der Waals surface area contributed by atoms with Crippen LogP contribution in [-0.2, 0) is 4.79 Å². The predicted octanol–water partition coefficient (Wildman–Crippen LogP) is 2.72. The van der Waals surface area contributed by atoms with Crippen LogP contribution in [0.2, 0.25) is 0 Å². The highest BCUT2D eigenvalue weighted by Crippen LogP contribution is 2.13. The van der Waals surface area contributed by atoms with Crippen LogP contribution in [-0.4, -0.2) is 11.2 Å². The van der Waals surface area contributed by atoms with Gasteiger partial charge in [0.15, 0.2) is 0 Å². The molecule has 0 spiro atoms. The zero-order valence-electron chi connectivity index (χ0n) is 8.70. The van der Waals surface area contributed by atoms with Crippen LogP contribution < -0.4 is 5.32 Å². The molecule has 2 nitrogen and oxygen atoms in total. The molecule has 0 aromatic heterocycles. The summed E-state index contributed by atoms with van der Waals surface area (Å²) in [6.07, 6.45) is 0. The largest absolute Gasteiger partial charge is 0.325 e. The van der Waals surface area contributed by atoms with Gasteiger partial charge < -0.3 is 5.32 Å². The van der Waals surface area contributed by atoms with Crippen LogP contribution >= 0.6 is 12.6 Å². The first-order chi connectivity index (χ1) is 7.00. The maximum Gasteiger partial charge on any atom is 0.237 e. The minimum absolute atomic E-state index is 0.161. The fraction of sp³-hybridized carbons (Fsp3) is 0.364. The number of hydrogen-bond acceptors (Lipinski definition) is 2. The maximum atomic E-state index is 12.6. The predicted molar refractivity (Wildman–Crippen MR) is 62.6 cm³/mol. The van der Waals surface area contributed by atoms with E-state index in [1.54, 1.807) is 0 Å². The van der Waals surface area contributed by atoms with Crippen LogP contribution in [0.3, 0.4) is 0 Å². The molecule has 1 unspecified atom stereocenters. The highest BCUT2D eigenvalue weighted by atomic mass is 32.1. The molecular weight excluding hydrogens is 213 g/mol. The lowest BCUT2D eigenvalue weighted by Gasteiger charge is -2.14. The normalized spacial score (nSPS) is 12.6. The van der Waals surface area contributed by atoms with E-state index < -0.39 is 0 Å². The third-order valence-corrected chi connectivity index (χ3v) is 2.84. The summed E-state index contributed by atoms with van der Waals surface area (Å²) in [6.45, 7) is 3.84. The van der Waals surface area contributed by atoms with Crippen molar-refractivity contribution in [2.75, 3.05) is 5.32 Å². The van der Waals surface area contributed by atoms with E-state index in [1.807, 2.05) is 13.8 Å². The molecule has 1 atom stereocenters. The molecule has 0 saturated heterocycles. The molecule has 0 aliphatic heterocycles. The number of nitrogens with one attached hydrogen (secondary N) is 1. The second-order valence-corrected chi connectivity index (χ2v) is 4.24. The first-order valence-corrected chi connectivity index (χ1v) is 5.27. The second-order valence-electron chi connectivity index (χ2n) is 3.68. The Bertz CT molecular complexity index is 337. The van der Waals surface area contributed by atoms with Gasteiger partial charge in [-0.2, -0.15) is 12.6 Å². The quantitative estimate of drug-likeness (QED) is 0.764. The molecule has 1 aromatic rings. The molecule has 0 bridgehead atoms. The summed E-state index contributed by atoms with van der Waals surface area (Å²) in [6, 6.07) is 5.65. The average Bonchev–Trinajstić information content (AvgIpc) is 2.20. The van der Waals surface area contributed by atoms with Gasteiger partial charge in [0, 0.05) is 5.69 Å². The van der Waals surface area contributed by atoms with Crippen molar-refractivity contribution in [2.24, 2.45) is 5.92 Å². The molecule has 0 heterocycles. The monoisotopic (exact) mass is 227 g/mol. The lowest BCUT2D eigenvalue weighted by atomic mass is 10.1. The van der Waals surface area contributed by atoms with Gasteiger partial charge in [0.25, 0.3) is 0 Å². The van der Waals surface area contributed by atoms with Crippen molar-refractivity contribution in [1.82, 2.24) is 0 Å². The van der Waals surface area contributed by atoms with Crippen molar-refractivity contribution in [1.29, 1.82) is 0 Å². The third-order valence-electron chi connectivity index (χ3n) is 2.01. The molecule has 1 aromatic carbocycles. The van der Waals surface area contributed by atoms with E-state index in [0.717, 1.165) is 0 Å². The molecule has 1 amide bonds. The lowest BCUT2D eigenvalue weighted by Crippen LogP contribution is -2.27. The summed E-state index contributed by atoms with van der Waals surface area (Å²) in [7, 11) is 0. The topological polar surface area (TPSA) is 29.1 Å². The number of rotatable bonds is 3. The molecule has 0 aliphatic carbocycles. The molecule has 82 valence electrons.